The third-order valence-corrected chi connectivity index (χ3v) is 4.58. The van der Waals surface area contributed by atoms with Gasteiger partial charge in [0.2, 0.25) is 0 Å². The van der Waals surface area contributed by atoms with E-state index in [0.717, 1.165) is 0 Å². The van der Waals surface area contributed by atoms with Crippen LogP contribution in [-0.2, 0) is 0 Å². The third kappa shape index (κ3) is 3.77. The highest BCUT2D eigenvalue weighted by Gasteiger charge is 2.18. The van der Waals surface area contributed by atoms with Crippen molar-refractivity contribution < 1.29 is 9.18 Å². The Morgan fingerprint density at radius 1 is 0.923 bits per heavy atom. The molecule has 0 N–H and O–H groups in total. The van der Waals surface area contributed by atoms with Crippen molar-refractivity contribution in [3.05, 3.63) is 105 Å². The Balaban J connectivity index is 1.89. The summed E-state index contributed by atoms with van der Waals surface area (Å²) in [5.74, 6) is -1.18. The Morgan fingerprint density at radius 3 is 2.04 bits per heavy atom. The van der Waals surface area contributed by atoms with E-state index in [1.807, 2.05) is 0 Å². The van der Waals surface area contributed by atoms with E-state index >= 15 is 0 Å². The summed E-state index contributed by atoms with van der Waals surface area (Å²) in [6, 6.07) is 19.3. The summed E-state index contributed by atoms with van der Waals surface area (Å²) in [6.45, 7) is 0. The normalized spacial score (nSPS) is 11.6. The summed E-state index contributed by atoms with van der Waals surface area (Å²) >= 11 is 12.1. The van der Waals surface area contributed by atoms with E-state index < -0.39 is 11.7 Å². The molecular formula is C21H12Cl2FNO. The second kappa shape index (κ2) is 7.70. The number of hydrogen-bond donors (Lipinski definition) is 0. The van der Waals surface area contributed by atoms with Crippen molar-refractivity contribution in [3.63, 3.8) is 0 Å². The zero-order valence-electron chi connectivity index (χ0n) is 13.4. The molecule has 0 saturated carbocycles. The van der Waals surface area contributed by atoms with Crippen molar-refractivity contribution in [1.82, 2.24) is 0 Å². The van der Waals surface area contributed by atoms with Gasteiger partial charge in [0.05, 0.1) is 12.0 Å². The summed E-state index contributed by atoms with van der Waals surface area (Å²) in [6.07, 6.45) is 0. The molecular weight excluding hydrogens is 372 g/mol. The van der Waals surface area contributed by atoms with Gasteiger partial charge in [-0.2, -0.15) is 5.26 Å². The largest absolute Gasteiger partial charge is 0.289 e. The van der Waals surface area contributed by atoms with E-state index in [1.54, 1.807) is 42.5 Å². The smallest absolute Gasteiger partial charge is 0.193 e. The fourth-order valence-electron chi connectivity index (χ4n) is 2.65. The number of carbonyl (C=O) groups is 1. The van der Waals surface area contributed by atoms with Gasteiger partial charge in [0.15, 0.2) is 5.78 Å². The molecule has 3 rings (SSSR count). The van der Waals surface area contributed by atoms with Crippen LogP contribution in [0.25, 0.3) is 0 Å². The molecule has 3 aromatic carbocycles. The number of ketones is 1. The highest BCUT2D eigenvalue weighted by atomic mass is 35.5. The van der Waals surface area contributed by atoms with Crippen LogP contribution in [-0.4, -0.2) is 5.78 Å². The minimum Gasteiger partial charge on any atom is -0.289 e. The lowest BCUT2D eigenvalue weighted by Crippen LogP contribution is -2.03. The lowest BCUT2D eigenvalue weighted by Gasteiger charge is -2.12. The quantitative estimate of drug-likeness (QED) is 0.516. The number of hydrogen-bond acceptors (Lipinski definition) is 2. The van der Waals surface area contributed by atoms with Gasteiger partial charge in [-0.05, 0) is 47.5 Å². The molecule has 0 unspecified atom stereocenters. The molecule has 26 heavy (non-hydrogen) atoms. The molecule has 0 heterocycles. The first-order chi connectivity index (χ1) is 12.5. The summed E-state index contributed by atoms with van der Waals surface area (Å²) < 4.78 is 13.0. The molecule has 0 spiro atoms. The molecule has 0 aromatic heterocycles. The number of nitrogens with zero attached hydrogens (tertiary/aromatic N) is 1. The summed E-state index contributed by atoms with van der Waals surface area (Å²) in [5.41, 5.74) is 2.22. The maximum absolute atomic E-state index is 13.0. The molecule has 0 aliphatic rings. The van der Waals surface area contributed by atoms with E-state index in [2.05, 4.69) is 6.07 Å². The van der Waals surface area contributed by atoms with Crippen LogP contribution in [0.1, 0.15) is 33.0 Å². The van der Waals surface area contributed by atoms with Crippen LogP contribution < -0.4 is 0 Å². The fraction of sp³-hybridized carbons (Fsp3) is 0.0476. The maximum Gasteiger partial charge on any atom is 0.193 e. The number of carbonyl (C=O) groups excluding carboxylic acids is 1. The second-order valence-electron chi connectivity index (χ2n) is 5.69. The number of benzene rings is 3. The molecule has 1 atom stereocenters. The summed E-state index contributed by atoms with van der Waals surface area (Å²) in [5, 5.41) is 10.5. The third-order valence-electron chi connectivity index (χ3n) is 4.02. The summed E-state index contributed by atoms with van der Waals surface area (Å²) in [7, 11) is 0. The minimum atomic E-state index is -0.574. The van der Waals surface area contributed by atoms with Crippen LogP contribution in [0.15, 0.2) is 66.7 Å². The van der Waals surface area contributed by atoms with E-state index in [9.17, 15) is 14.4 Å². The van der Waals surface area contributed by atoms with Crippen LogP contribution in [0.4, 0.5) is 4.39 Å². The Labute approximate surface area is 160 Å². The monoisotopic (exact) mass is 383 g/mol. The van der Waals surface area contributed by atoms with E-state index in [0.29, 0.717) is 32.3 Å². The van der Waals surface area contributed by atoms with Crippen molar-refractivity contribution in [2.75, 3.05) is 0 Å². The van der Waals surface area contributed by atoms with Crippen molar-refractivity contribution in [2.45, 2.75) is 5.92 Å². The van der Waals surface area contributed by atoms with E-state index in [-0.39, 0.29) is 5.78 Å². The Kier molecular flexibility index (Phi) is 5.37. The van der Waals surface area contributed by atoms with E-state index in [1.165, 1.54) is 24.3 Å². The van der Waals surface area contributed by atoms with Crippen molar-refractivity contribution >= 4 is 29.0 Å². The molecule has 0 fully saturated rings. The molecule has 2 nitrogen and oxygen atoms in total. The van der Waals surface area contributed by atoms with Crippen LogP contribution in [0.3, 0.4) is 0 Å². The molecule has 128 valence electrons. The zero-order chi connectivity index (χ0) is 18.7. The molecule has 0 bridgehead atoms. The zero-order valence-corrected chi connectivity index (χ0v) is 14.9. The van der Waals surface area contributed by atoms with Gasteiger partial charge in [-0.25, -0.2) is 4.39 Å². The average Bonchev–Trinajstić information content (AvgIpc) is 2.64. The maximum atomic E-state index is 13.0. The molecule has 3 aromatic rings. The minimum absolute atomic E-state index is 0.213. The van der Waals surface area contributed by atoms with Gasteiger partial charge in [0, 0.05) is 21.2 Å². The molecule has 0 aliphatic carbocycles. The van der Waals surface area contributed by atoms with Crippen molar-refractivity contribution in [3.8, 4) is 6.07 Å². The first-order valence-corrected chi connectivity index (χ1v) is 8.50. The molecule has 0 saturated heterocycles. The molecule has 0 amide bonds. The highest BCUT2D eigenvalue weighted by molar-refractivity contribution is 6.35. The van der Waals surface area contributed by atoms with Gasteiger partial charge >= 0.3 is 0 Å². The number of nitriles is 1. The molecule has 0 aliphatic heterocycles. The first-order valence-electron chi connectivity index (χ1n) is 7.74. The Bertz CT molecular complexity index is 992. The molecule has 0 radical (unpaired) electrons. The van der Waals surface area contributed by atoms with Gasteiger partial charge in [-0.3, -0.25) is 4.79 Å². The van der Waals surface area contributed by atoms with Crippen molar-refractivity contribution in [1.29, 1.82) is 5.26 Å². The Hall–Kier alpha value is -2.67. The average molecular weight is 384 g/mol. The van der Waals surface area contributed by atoms with Gasteiger partial charge < -0.3 is 0 Å². The Morgan fingerprint density at radius 2 is 1.50 bits per heavy atom. The number of halogens is 3. The highest BCUT2D eigenvalue weighted by Crippen LogP contribution is 2.32. The van der Waals surface area contributed by atoms with Gasteiger partial charge in [0.25, 0.3) is 0 Å². The van der Waals surface area contributed by atoms with E-state index in [4.69, 9.17) is 23.2 Å². The topological polar surface area (TPSA) is 40.9 Å². The predicted octanol–water partition coefficient (Wildman–Crippen LogP) is 6.02. The van der Waals surface area contributed by atoms with Crippen molar-refractivity contribution in [2.24, 2.45) is 0 Å². The summed E-state index contributed by atoms with van der Waals surface area (Å²) in [4.78, 5) is 12.4. The predicted molar refractivity (Wildman–Crippen MR) is 100 cm³/mol. The van der Waals surface area contributed by atoms with Gasteiger partial charge in [-0.15, -0.1) is 0 Å². The van der Waals surface area contributed by atoms with Gasteiger partial charge in [0.1, 0.15) is 5.82 Å². The standard InChI is InChI=1S/C21H12Cl2FNO/c22-16-7-10-18(20(23)11-16)19(12-25)13-1-3-14(4-2-13)21(26)15-5-8-17(24)9-6-15/h1-11,19H/t19-/m0/s1. The fourth-order valence-corrected chi connectivity index (χ4v) is 3.17. The van der Waals surface area contributed by atoms with Crippen LogP contribution in [0, 0.1) is 17.1 Å². The molecule has 5 heteroatoms. The van der Waals surface area contributed by atoms with Gasteiger partial charge in [-0.1, -0.05) is 53.5 Å². The lowest BCUT2D eigenvalue weighted by molar-refractivity contribution is 0.103. The van der Waals surface area contributed by atoms with Crippen LogP contribution in [0.5, 0.6) is 0 Å². The lowest BCUT2D eigenvalue weighted by atomic mass is 9.91. The van der Waals surface area contributed by atoms with Crippen LogP contribution >= 0.6 is 23.2 Å². The first kappa shape index (κ1) is 18.1. The SMILES string of the molecule is N#C[C@@H](c1ccc(C(=O)c2ccc(F)cc2)cc1)c1ccc(Cl)cc1Cl. The number of rotatable bonds is 4. The van der Waals surface area contributed by atoms with Crippen LogP contribution in [0.2, 0.25) is 10.0 Å². The second-order valence-corrected chi connectivity index (χ2v) is 6.53.